The van der Waals surface area contributed by atoms with Crippen molar-refractivity contribution in [2.75, 3.05) is 22.9 Å². The van der Waals surface area contributed by atoms with E-state index >= 15 is 0 Å². The summed E-state index contributed by atoms with van der Waals surface area (Å²) < 4.78 is 13.2. The topological polar surface area (TPSA) is 80.9 Å². The van der Waals surface area contributed by atoms with Crippen LogP contribution < -0.4 is 20.4 Å². The largest absolute Gasteiger partial charge is 0.494 e. The maximum atomic E-state index is 13.2. The molecule has 1 aromatic heterocycles. The summed E-state index contributed by atoms with van der Waals surface area (Å²) in [7, 11) is -0.414. The van der Waals surface area contributed by atoms with Gasteiger partial charge in [-0.05, 0) is 70.6 Å². The minimum atomic E-state index is -0.414. The van der Waals surface area contributed by atoms with Gasteiger partial charge in [0.25, 0.3) is 0 Å². The maximum absolute atomic E-state index is 13.2. The van der Waals surface area contributed by atoms with Gasteiger partial charge in [0.2, 0.25) is 0 Å². The van der Waals surface area contributed by atoms with E-state index in [1.165, 1.54) is 23.3 Å². The molecule has 160 valence electrons. The van der Waals surface area contributed by atoms with Crippen LogP contribution in [0.1, 0.15) is 39.8 Å². The summed E-state index contributed by atoms with van der Waals surface area (Å²) in [5.74, 6) is 0. The Labute approximate surface area is 186 Å². The number of nitrogens with two attached hydrogens (primary N) is 1. The molecule has 3 heterocycles. The second kappa shape index (κ2) is 7.83. The Morgan fingerprint density at radius 2 is 1.70 bits per heavy atom. The van der Waals surface area contributed by atoms with Gasteiger partial charge < -0.3 is 9.31 Å². The van der Waals surface area contributed by atoms with Crippen LogP contribution >= 0.6 is 23.3 Å². The van der Waals surface area contributed by atoms with E-state index in [1.807, 2.05) is 58.9 Å². The molecule has 1 aromatic carbocycles. The first-order valence-corrected chi connectivity index (χ1v) is 11.7. The fourth-order valence-electron chi connectivity index (χ4n) is 3.52. The van der Waals surface area contributed by atoms with Crippen LogP contribution in [0, 0.1) is 6.92 Å². The first-order valence-electron chi connectivity index (χ1n) is 10.0. The highest BCUT2D eigenvalue weighted by Crippen LogP contribution is 2.37. The van der Waals surface area contributed by atoms with Crippen LogP contribution in [0.4, 0.5) is 15.6 Å². The molecule has 2 N–H and O–H groups in total. The Hall–Kier alpha value is -1.59. The van der Waals surface area contributed by atoms with Crippen LogP contribution in [0.2, 0.25) is 0 Å². The number of thiazole rings is 1. The molecular formula is C20H27BN4O3S2. The van der Waals surface area contributed by atoms with Gasteiger partial charge in [-0.3, -0.25) is 14.9 Å². The zero-order chi connectivity index (χ0) is 21.7. The van der Waals surface area contributed by atoms with Gasteiger partial charge in [0.15, 0.2) is 5.13 Å². The number of aromatic nitrogens is 1. The molecule has 10 heteroatoms. The number of aryl methyl sites for hydroxylation is 1. The van der Waals surface area contributed by atoms with Crippen LogP contribution in [-0.4, -0.2) is 42.4 Å². The molecule has 0 saturated carbocycles. The van der Waals surface area contributed by atoms with Gasteiger partial charge >= 0.3 is 13.1 Å². The molecule has 2 fully saturated rings. The average molecular weight is 446 g/mol. The number of carbonyl (C=O) groups is 1. The number of rotatable bonds is 4. The van der Waals surface area contributed by atoms with Gasteiger partial charge in [-0.1, -0.05) is 23.5 Å². The Bertz CT molecular complexity index is 932. The Balaban J connectivity index is 1.52. The van der Waals surface area contributed by atoms with Crippen molar-refractivity contribution in [3.8, 4) is 0 Å². The number of amides is 2. The lowest BCUT2D eigenvalue weighted by Gasteiger charge is -2.34. The summed E-state index contributed by atoms with van der Waals surface area (Å²) in [6.07, 6.45) is 0.869. The van der Waals surface area contributed by atoms with Gasteiger partial charge in [-0.25, -0.2) is 9.78 Å². The van der Waals surface area contributed by atoms with Crippen LogP contribution in [0.3, 0.4) is 0 Å². The van der Waals surface area contributed by atoms with E-state index in [9.17, 15) is 4.79 Å². The Kier molecular flexibility index (Phi) is 5.65. The van der Waals surface area contributed by atoms with E-state index in [-0.39, 0.29) is 17.2 Å². The number of hydrogen-bond acceptors (Lipinski definition) is 7. The highest BCUT2D eigenvalue weighted by Gasteiger charge is 2.51. The van der Waals surface area contributed by atoms with Crippen LogP contribution in [-0.2, 0) is 9.31 Å². The van der Waals surface area contributed by atoms with E-state index in [0.717, 1.165) is 27.5 Å². The number of nitrogens with zero attached hydrogens (tertiary/aromatic N) is 3. The number of urea groups is 1. The first kappa shape index (κ1) is 21.6. The van der Waals surface area contributed by atoms with Gasteiger partial charge in [0, 0.05) is 18.8 Å². The monoisotopic (exact) mass is 446 g/mol. The summed E-state index contributed by atoms with van der Waals surface area (Å²) in [4.78, 5) is 21.3. The lowest BCUT2D eigenvalue weighted by molar-refractivity contribution is 0.00578. The summed E-state index contributed by atoms with van der Waals surface area (Å²) in [6, 6.07) is 7.79. The molecule has 2 aliphatic rings. The molecule has 2 aromatic rings. The maximum Gasteiger partial charge on any atom is 0.494 e. The van der Waals surface area contributed by atoms with Gasteiger partial charge in [-0.15, -0.1) is 0 Å². The quantitative estimate of drug-likeness (QED) is 0.572. The first-order chi connectivity index (χ1) is 14.1. The highest BCUT2D eigenvalue weighted by molar-refractivity contribution is 7.99. The van der Waals surface area contributed by atoms with E-state index in [2.05, 4.69) is 4.98 Å². The van der Waals surface area contributed by atoms with Crippen molar-refractivity contribution < 1.29 is 14.1 Å². The second-order valence-corrected chi connectivity index (χ2v) is 10.5. The summed E-state index contributed by atoms with van der Waals surface area (Å²) in [6.45, 7) is 11.4. The molecule has 0 spiro atoms. The predicted molar refractivity (Wildman–Crippen MR) is 124 cm³/mol. The minimum Gasteiger partial charge on any atom is -0.399 e. The number of hydrogen-bond donors (Lipinski definition) is 1. The third-order valence-electron chi connectivity index (χ3n) is 6.04. The van der Waals surface area contributed by atoms with Gasteiger partial charge in [0.1, 0.15) is 0 Å². The number of anilines is 2. The molecule has 4 rings (SSSR count). The molecule has 0 atom stereocenters. The third-order valence-corrected chi connectivity index (χ3v) is 8.06. The van der Waals surface area contributed by atoms with Crippen molar-refractivity contribution in [3.05, 3.63) is 30.0 Å². The average Bonchev–Trinajstić information content (AvgIpc) is 3.17. The zero-order valence-corrected chi connectivity index (χ0v) is 19.6. The molecule has 2 amide bonds. The molecular weight excluding hydrogens is 419 g/mol. The van der Waals surface area contributed by atoms with Crippen molar-refractivity contribution in [3.63, 3.8) is 0 Å². The van der Waals surface area contributed by atoms with E-state index < -0.39 is 7.12 Å². The lowest BCUT2D eigenvalue weighted by atomic mass is 9.79. The predicted octanol–water partition coefficient (Wildman–Crippen LogP) is 3.55. The highest BCUT2D eigenvalue weighted by atomic mass is 32.2. The van der Waals surface area contributed by atoms with E-state index in [0.29, 0.717) is 18.2 Å². The molecule has 0 aliphatic carbocycles. The van der Waals surface area contributed by atoms with Crippen molar-refractivity contribution in [2.24, 2.45) is 5.14 Å². The molecule has 0 radical (unpaired) electrons. The Morgan fingerprint density at radius 3 is 2.27 bits per heavy atom. The smallest absolute Gasteiger partial charge is 0.399 e. The molecule has 7 nitrogen and oxygen atoms in total. The van der Waals surface area contributed by atoms with Crippen molar-refractivity contribution in [1.82, 2.24) is 4.98 Å². The lowest BCUT2D eigenvalue weighted by Crippen LogP contribution is -2.49. The summed E-state index contributed by atoms with van der Waals surface area (Å²) in [5.41, 5.74) is 1.89. The standard InChI is InChI=1S/C20H27BN4O3S2/c1-13-16(30-22)29-17(23-13)25-12-6-11-24(18(25)26)15-9-7-14(8-10-15)21-27-19(2,3)20(4,5)28-21/h7-10H,6,11-12,22H2,1-5H3. The van der Waals surface area contributed by atoms with E-state index in [1.54, 1.807) is 9.80 Å². The third kappa shape index (κ3) is 3.75. The fraction of sp³-hybridized carbons (Fsp3) is 0.500. The van der Waals surface area contributed by atoms with Gasteiger partial charge in [-0.2, -0.15) is 0 Å². The fourth-order valence-corrected chi connectivity index (χ4v) is 4.98. The second-order valence-electron chi connectivity index (χ2n) is 8.61. The molecule has 30 heavy (non-hydrogen) atoms. The SMILES string of the molecule is Cc1nc(N2CCCN(c3ccc(B4OC(C)(C)C(C)(C)O4)cc3)C2=O)sc1SN. The number of carbonyl (C=O) groups excluding carboxylic acids is 1. The van der Waals surface area contributed by atoms with Crippen molar-refractivity contribution >= 4 is 52.7 Å². The molecule has 0 bridgehead atoms. The zero-order valence-electron chi connectivity index (χ0n) is 18.0. The number of benzene rings is 1. The van der Waals surface area contributed by atoms with Crippen LogP contribution in [0.25, 0.3) is 0 Å². The van der Waals surface area contributed by atoms with Crippen LogP contribution in [0.15, 0.2) is 28.5 Å². The van der Waals surface area contributed by atoms with Crippen molar-refractivity contribution in [2.45, 2.75) is 56.5 Å². The van der Waals surface area contributed by atoms with Gasteiger partial charge in [0.05, 0.1) is 21.1 Å². The summed E-state index contributed by atoms with van der Waals surface area (Å²) in [5, 5.41) is 6.40. The summed E-state index contributed by atoms with van der Waals surface area (Å²) >= 11 is 2.63. The van der Waals surface area contributed by atoms with Crippen LogP contribution in [0.5, 0.6) is 0 Å². The van der Waals surface area contributed by atoms with E-state index in [4.69, 9.17) is 14.4 Å². The Morgan fingerprint density at radius 1 is 1.10 bits per heavy atom. The molecule has 0 unspecified atom stereocenters. The minimum absolute atomic E-state index is 0.0630. The van der Waals surface area contributed by atoms with Crippen molar-refractivity contribution in [1.29, 1.82) is 0 Å². The molecule has 2 aliphatic heterocycles. The molecule has 2 saturated heterocycles. The normalized spacial score (nSPS) is 20.9.